The van der Waals surface area contributed by atoms with E-state index in [0.29, 0.717) is 11.1 Å². The maximum atomic E-state index is 6.28. The van der Waals surface area contributed by atoms with E-state index in [1.807, 2.05) is 13.0 Å². The van der Waals surface area contributed by atoms with Crippen LogP contribution in [-0.2, 0) is 6.42 Å². The molecule has 0 bridgehead atoms. The molecule has 0 amide bonds. The number of nitrogens with zero attached hydrogens (tertiary/aromatic N) is 2. The van der Waals surface area contributed by atoms with Crippen LogP contribution < -0.4 is 0 Å². The number of aryl methyl sites for hydroxylation is 1. The van der Waals surface area contributed by atoms with E-state index in [1.165, 1.54) is 18.4 Å². The van der Waals surface area contributed by atoms with Gasteiger partial charge in [-0.05, 0) is 37.7 Å². The fraction of sp³-hybridized carbons (Fsp3) is 0.375. The first-order valence-corrected chi connectivity index (χ1v) is 7.20. The van der Waals surface area contributed by atoms with Crippen LogP contribution in [0, 0.1) is 6.92 Å². The van der Waals surface area contributed by atoms with Crippen LogP contribution in [0.2, 0.25) is 5.15 Å². The topological polar surface area (TPSA) is 25.8 Å². The van der Waals surface area contributed by atoms with Crippen molar-refractivity contribution in [2.45, 2.75) is 39.0 Å². The molecular formula is C16H17ClN2. The highest BCUT2D eigenvalue weighted by molar-refractivity contribution is 6.30. The van der Waals surface area contributed by atoms with E-state index >= 15 is 0 Å². The van der Waals surface area contributed by atoms with Gasteiger partial charge in [-0.2, -0.15) is 0 Å². The highest BCUT2D eigenvalue weighted by Gasteiger charge is 2.27. The molecule has 1 saturated carbocycles. The van der Waals surface area contributed by atoms with Gasteiger partial charge in [0.15, 0.2) is 5.82 Å². The van der Waals surface area contributed by atoms with Crippen molar-refractivity contribution in [1.82, 2.24) is 9.97 Å². The molecule has 0 N–H and O–H groups in total. The second-order valence-corrected chi connectivity index (χ2v) is 5.48. The van der Waals surface area contributed by atoms with Gasteiger partial charge in [-0.25, -0.2) is 9.97 Å². The zero-order valence-corrected chi connectivity index (χ0v) is 12.0. The summed E-state index contributed by atoms with van der Waals surface area (Å²) in [6.07, 6.45) is 3.42. The minimum Gasteiger partial charge on any atom is -0.233 e. The molecule has 0 spiro atoms. The van der Waals surface area contributed by atoms with Gasteiger partial charge >= 0.3 is 0 Å². The average Bonchev–Trinajstić information content (AvgIpc) is 3.22. The third kappa shape index (κ3) is 2.37. The SMILES string of the molecule is CCc1c(C)nc(-c2ccccc2C2CC2)nc1Cl. The van der Waals surface area contributed by atoms with Gasteiger partial charge in [-0.1, -0.05) is 42.8 Å². The van der Waals surface area contributed by atoms with E-state index in [2.05, 4.69) is 35.1 Å². The van der Waals surface area contributed by atoms with Gasteiger partial charge in [0.05, 0.1) is 0 Å². The van der Waals surface area contributed by atoms with Crippen molar-refractivity contribution in [3.8, 4) is 11.4 Å². The van der Waals surface area contributed by atoms with Crippen molar-refractivity contribution < 1.29 is 0 Å². The number of hydrogen-bond acceptors (Lipinski definition) is 2. The van der Waals surface area contributed by atoms with Gasteiger partial charge in [0.25, 0.3) is 0 Å². The number of hydrogen-bond donors (Lipinski definition) is 0. The Bertz CT molecular complexity index is 595. The predicted octanol–water partition coefficient (Wildman–Crippen LogP) is 4.55. The molecule has 3 heteroatoms. The lowest BCUT2D eigenvalue weighted by molar-refractivity contribution is 0.996. The van der Waals surface area contributed by atoms with Gasteiger partial charge in [0, 0.05) is 16.8 Å². The first-order valence-electron chi connectivity index (χ1n) is 6.83. The van der Waals surface area contributed by atoms with Crippen LogP contribution in [0.1, 0.15) is 42.5 Å². The fourth-order valence-electron chi connectivity index (χ4n) is 2.53. The van der Waals surface area contributed by atoms with E-state index in [-0.39, 0.29) is 0 Å². The maximum absolute atomic E-state index is 6.28. The first kappa shape index (κ1) is 12.6. The summed E-state index contributed by atoms with van der Waals surface area (Å²) in [4.78, 5) is 9.15. The van der Waals surface area contributed by atoms with Gasteiger partial charge in [-0.3, -0.25) is 0 Å². The summed E-state index contributed by atoms with van der Waals surface area (Å²) in [7, 11) is 0. The Kier molecular flexibility index (Phi) is 3.28. The van der Waals surface area contributed by atoms with E-state index in [4.69, 9.17) is 11.6 Å². The third-order valence-electron chi connectivity index (χ3n) is 3.74. The van der Waals surface area contributed by atoms with E-state index in [1.54, 1.807) is 0 Å². The Morgan fingerprint density at radius 2 is 1.95 bits per heavy atom. The van der Waals surface area contributed by atoms with Crippen LogP contribution in [0.5, 0.6) is 0 Å². The zero-order chi connectivity index (χ0) is 13.4. The summed E-state index contributed by atoms with van der Waals surface area (Å²) < 4.78 is 0. The molecular weight excluding hydrogens is 256 g/mol. The standard InChI is InChI=1S/C16H17ClN2/c1-3-12-10(2)18-16(19-15(12)17)14-7-5-4-6-13(14)11-8-9-11/h4-7,11H,3,8-9H2,1-2H3. The second kappa shape index (κ2) is 4.93. The van der Waals surface area contributed by atoms with E-state index in [9.17, 15) is 0 Å². The number of benzene rings is 1. The quantitative estimate of drug-likeness (QED) is 0.767. The molecule has 3 rings (SSSR count). The monoisotopic (exact) mass is 272 g/mol. The van der Waals surface area contributed by atoms with Crippen LogP contribution in [0.15, 0.2) is 24.3 Å². The average molecular weight is 273 g/mol. The largest absolute Gasteiger partial charge is 0.233 e. The Hall–Kier alpha value is -1.41. The molecule has 19 heavy (non-hydrogen) atoms. The summed E-state index contributed by atoms with van der Waals surface area (Å²) in [5.74, 6) is 1.45. The molecule has 0 atom stereocenters. The van der Waals surface area contributed by atoms with Crippen LogP contribution in [0.4, 0.5) is 0 Å². The molecule has 0 unspecified atom stereocenters. The van der Waals surface area contributed by atoms with Gasteiger partial charge in [0.1, 0.15) is 5.15 Å². The Morgan fingerprint density at radius 3 is 2.58 bits per heavy atom. The molecule has 1 aromatic carbocycles. The molecule has 1 aliphatic carbocycles. The van der Waals surface area contributed by atoms with Crippen molar-refractivity contribution in [2.75, 3.05) is 0 Å². The van der Waals surface area contributed by atoms with Gasteiger partial charge < -0.3 is 0 Å². The minimum absolute atomic E-state index is 0.593. The molecule has 1 heterocycles. The first-order chi connectivity index (χ1) is 9.20. The van der Waals surface area contributed by atoms with Crippen molar-refractivity contribution in [1.29, 1.82) is 0 Å². The maximum Gasteiger partial charge on any atom is 0.161 e. The Labute approximate surface area is 118 Å². The summed E-state index contributed by atoms with van der Waals surface area (Å²) in [5, 5.41) is 0.593. The number of rotatable bonds is 3. The molecule has 2 nitrogen and oxygen atoms in total. The summed E-state index contributed by atoms with van der Waals surface area (Å²) in [5.41, 5.74) is 4.54. The lowest BCUT2D eigenvalue weighted by atomic mass is 10.0. The molecule has 2 aromatic rings. The van der Waals surface area contributed by atoms with Crippen LogP contribution in [-0.4, -0.2) is 9.97 Å². The molecule has 0 radical (unpaired) electrons. The summed E-state index contributed by atoms with van der Waals surface area (Å²) >= 11 is 6.28. The predicted molar refractivity (Wildman–Crippen MR) is 78.6 cm³/mol. The lowest BCUT2D eigenvalue weighted by Crippen LogP contribution is -2.00. The van der Waals surface area contributed by atoms with Gasteiger partial charge in [0.2, 0.25) is 0 Å². The van der Waals surface area contributed by atoms with Gasteiger partial charge in [-0.15, -0.1) is 0 Å². The van der Waals surface area contributed by atoms with Crippen LogP contribution in [0.25, 0.3) is 11.4 Å². The normalized spacial score (nSPS) is 14.7. The summed E-state index contributed by atoms with van der Waals surface area (Å²) in [6, 6.07) is 8.42. The third-order valence-corrected chi connectivity index (χ3v) is 4.05. The number of halogens is 1. The Morgan fingerprint density at radius 1 is 1.21 bits per heavy atom. The van der Waals surface area contributed by atoms with E-state index < -0.39 is 0 Å². The second-order valence-electron chi connectivity index (χ2n) is 5.12. The fourth-order valence-corrected chi connectivity index (χ4v) is 2.88. The van der Waals surface area contributed by atoms with Crippen LogP contribution >= 0.6 is 11.6 Å². The molecule has 0 aliphatic heterocycles. The molecule has 0 saturated heterocycles. The zero-order valence-electron chi connectivity index (χ0n) is 11.3. The molecule has 1 aliphatic rings. The smallest absolute Gasteiger partial charge is 0.161 e. The lowest BCUT2D eigenvalue weighted by Gasteiger charge is -2.11. The molecule has 1 fully saturated rings. The van der Waals surface area contributed by atoms with Crippen molar-refractivity contribution in [3.63, 3.8) is 0 Å². The van der Waals surface area contributed by atoms with E-state index in [0.717, 1.165) is 29.1 Å². The molecule has 98 valence electrons. The van der Waals surface area contributed by atoms with Crippen molar-refractivity contribution >= 4 is 11.6 Å². The van der Waals surface area contributed by atoms with Crippen LogP contribution in [0.3, 0.4) is 0 Å². The number of aromatic nitrogens is 2. The van der Waals surface area contributed by atoms with Crippen molar-refractivity contribution in [3.05, 3.63) is 46.2 Å². The highest BCUT2D eigenvalue weighted by atomic mass is 35.5. The molecule has 1 aromatic heterocycles. The van der Waals surface area contributed by atoms with Crippen molar-refractivity contribution in [2.24, 2.45) is 0 Å². The highest BCUT2D eigenvalue weighted by Crippen LogP contribution is 2.43. The Balaban J connectivity index is 2.12. The minimum atomic E-state index is 0.593. The summed E-state index contributed by atoms with van der Waals surface area (Å²) in [6.45, 7) is 4.09.